The van der Waals surface area contributed by atoms with Gasteiger partial charge in [-0.2, -0.15) is 0 Å². The third-order valence-electron chi connectivity index (χ3n) is 5.73. The summed E-state index contributed by atoms with van der Waals surface area (Å²) in [6, 6.07) is 30.4. The molecule has 0 spiro atoms. The Bertz CT molecular complexity index is 1710. The van der Waals surface area contributed by atoms with E-state index >= 15 is 0 Å². The number of hydrogen-bond donors (Lipinski definition) is 2. The van der Waals surface area contributed by atoms with Crippen LogP contribution >= 0.6 is 54.5 Å². The molecule has 0 amide bonds. The fourth-order valence-corrected chi connectivity index (χ4v) is 5.74. The molecule has 0 fully saturated rings. The van der Waals surface area contributed by atoms with Gasteiger partial charge in [-0.15, -0.1) is 22.7 Å². The van der Waals surface area contributed by atoms with Crippen LogP contribution in [0.5, 0.6) is 11.5 Å². The summed E-state index contributed by atoms with van der Waals surface area (Å²) in [6.45, 7) is 0. The van der Waals surface area contributed by atoms with E-state index in [0.29, 0.717) is 21.4 Å². The predicted octanol–water partition coefficient (Wildman–Crippen LogP) is 10.1. The molecule has 2 N–H and O–H groups in total. The smallest absolute Gasteiger partial charge is 0.209 e. The molecule has 0 bridgehead atoms. The summed E-state index contributed by atoms with van der Waals surface area (Å²) < 4.78 is 1.79. The summed E-state index contributed by atoms with van der Waals surface area (Å²) in [5, 5.41) is 24.8. The maximum Gasteiger partial charge on any atom is 0.209 e. The van der Waals surface area contributed by atoms with E-state index in [2.05, 4.69) is 51.8 Å². The van der Waals surface area contributed by atoms with Crippen LogP contribution in [0.15, 0.2) is 127 Å². The van der Waals surface area contributed by atoms with Gasteiger partial charge < -0.3 is 10.2 Å². The van der Waals surface area contributed by atoms with E-state index in [4.69, 9.17) is 0 Å². The first-order valence-electron chi connectivity index (χ1n) is 12.5. The standard InChI is InChI=1S/2C16H11BrN2OS.Co/c2*17-13-6-7-15(20)12(8-13)9-18-16-19-14(10-21-16)11-4-2-1-3-5-11;/h2*1-10,20H;. The minimum absolute atomic E-state index is 0. The monoisotopic (exact) mass is 775 g/mol. The van der Waals surface area contributed by atoms with Crippen LogP contribution in [0.4, 0.5) is 10.3 Å². The van der Waals surface area contributed by atoms with Gasteiger partial charge >= 0.3 is 0 Å². The largest absolute Gasteiger partial charge is 0.507 e. The summed E-state index contributed by atoms with van der Waals surface area (Å²) >= 11 is 9.69. The summed E-state index contributed by atoms with van der Waals surface area (Å²) in [5.74, 6) is 0.392. The molecule has 1 radical (unpaired) electrons. The summed E-state index contributed by atoms with van der Waals surface area (Å²) in [6.07, 6.45) is 3.24. The van der Waals surface area contributed by atoms with Gasteiger partial charge in [0.15, 0.2) is 0 Å². The molecule has 4 aromatic carbocycles. The van der Waals surface area contributed by atoms with Gasteiger partial charge in [0.1, 0.15) is 11.5 Å². The van der Waals surface area contributed by atoms with Crippen molar-refractivity contribution in [3.8, 4) is 34.0 Å². The van der Waals surface area contributed by atoms with Crippen molar-refractivity contribution >= 4 is 77.2 Å². The number of rotatable bonds is 6. The van der Waals surface area contributed by atoms with Crippen LogP contribution in [-0.2, 0) is 16.8 Å². The third kappa shape index (κ3) is 9.26. The SMILES string of the molecule is Oc1ccc(Br)cc1C=Nc1nc(-c2ccccc2)cs1.Oc1ccc(Br)cc1C=Nc1nc(-c2ccccc2)cs1.[Co]. The second kappa shape index (κ2) is 15.9. The van der Waals surface area contributed by atoms with E-state index in [1.165, 1.54) is 22.7 Å². The molecular weight excluding hydrogens is 755 g/mol. The molecule has 2 heterocycles. The second-order valence-electron chi connectivity index (χ2n) is 8.69. The van der Waals surface area contributed by atoms with E-state index in [-0.39, 0.29) is 28.3 Å². The number of nitrogens with zero attached hydrogens (tertiary/aromatic N) is 4. The van der Waals surface area contributed by atoms with Gasteiger partial charge in [-0.25, -0.2) is 20.0 Å². The van der Waals surface area contributed by atoms with E-state index in [1.807, 2.05) is 83.6 Å². The van der Waals surface area contributed by atoms with E-state index in [0.717, 1.165) is 31.5 Å². The van der Waals surface area contributed by atoms with Crippen molar-refractivity contribution in [3.63, 3.8) is 0 Å². The van der Waals surface area contributed by atoms with Crippen LogP contribution in [0.25, 0.3) is 22.5 Å². The summed E-state index contributed by atoms with van der Waals surface area (Å²) in [5.41, 5.74) is 5.26. The Kier molecular flexibility index (Phi) is 12.0. The Morgan fingerprint density at radius 2 is 0.977 bits per heavy atom. The van der Waals surface area contributed by atoms with Crippen LogP contribution in [0.3, 0.4) is 0 Å². The van der Waals surface area contributed by atoms with Gasteiger partial charge in [0.2, 0.25) is 10.3 Å². The molecular formula is C32H22Br2CoN4O2S2. The molecule has 6 rings (SSSR count). The van der Waals surface area contributed by atoms with E-state index in [1.54, 1.807) is 36.7 Å². The summed E-state index contributed by atoms with van der Waals surface area (Å²) in [7, 11) is 0. The van der Waals surface area contributed by atoms with E-state index in [9.17, 15) is 10.2 Å². The maximum atomic E-state index is 9.77. The van der Waals surface area contributed by atoms with Gasteiger partial charge in [0.05, 0.1) is 11.4 Å². The average molecular weight is 777 g/mol. The van der Waals surface area contributed by atoms with Gasteiger partial charge in [-0.3, -0.25) is 0 Å². The van der Waals surface area contributed by atoms with Crippen LogP contribution in [0, 0.1) is 0 Å². The number of halogens is 2. The fourth-order valence-electron chi connectivity index (χ4n) is 3.64. The van der Waals surface area contributed by atoms with Gasteiger partial charge in [0.25, 0.3) is 0 Å². The predicted molar refractivity (Wildman–Crippen MR) is 181 cm³/mol. The number of aromatic hydroxyl groups is 2. The van der Waals surface area contributed by atoms with Gasteiger partial charge in [0, 0.05) is 71.2 Å². The van der Waals surface area contributed by atoms with Crippen LogP contribution in [0.1, 0.15) is 11.1 Å². The second-order valence-corrected chi connectivity index (χ2v) is 12.2. The molecule has 43 heavy (non-hydrogen) atoms. The maximum absolute atomic E-state index is 9.77. The molecule has 0 aliphatic rings. The minimum Gasteiger partial charge on any atom is -0.507 e. The Balaban J connectivity index is 0.000000192. The minimum atomic E-state index is 0. The fraction of sp³-hybridized carbons (Fsp3) is 0. The first-order valence-corrected chi connectivity index (χ1v) is 15.9. The average Bonchev–Trinajstić information content (AvgIpc) is 3.70. The van der Waals surface area contributed by atoms with Crippen LogP contribution in [-0.4, -0.2) is 32.6 Å². The number of benzene rings is 4. The van der Waals surface area contributed by atoms with Crippen LogP contribution in [0.2, 0.25) is 0 Å². The Morgan fingerprint density at radius 1 is 0.581 bits per heavy atom. The first kappa shape index (κ1) is 32.5. The number of phenolic OH excluding ortho intramolecular Hbond substituents is 2. The first-order chi connectivity index (χ1) is 20.4. The van der Waals surface area contributed by atoms with Crippen LogP contribution < -0.4 is 0 Å². The number of phenols is 2. The normalized spacial score (nSPS) is 10.8. The quantitative estimate of drug-likeness (QED) is 0.165. The Labute approximate surface area is 284 Å². The molecule has 0 saturated carbocycles. The van der Waals surface area contributed by atoms with Crippen molar-refractivity contribution in [1.29, 1.82) is 0 Å². The van der Waals surface area contributed by atoms with Crippen molar-refractivity contribution in [2.24, 2.45) is 9.98 Å². The number of thiazole rings is 2. The Hall–Kier alpha value is -3.45. The molecule has 6 aromatic rings. The zero-order chi connectivity index (χ0) is 29.3. The van der Waals surface area contributed by atoms with Gasteiger partial charge in [-0.1, -0.05) is 92.5 Å². The molecule has 0 saturated heterocycles. The zero-order valence-corrected chi connectivity index (χ0v) is 28.0. The zero-order valence-electron chi connectivity index (χ0n) is 22.1. The number of aliphatic imine (C=N–C) groups is 2. The van der Waals surface area contributed by atoms with Crippen molar-refractivity contribution in [1.82, 2.24) is 9.97 Å². The number of hydrogen-bond acceptors (Lipinski definition) is 8. The van der Waals surface area contributed by atoms with Gasteiger partial charge in [-0.05, 0) is 36.4 Å². The molecule has 0 atom stereocenters. The molecule has 0 aliphatic carbocycles. The molecule has 0 aliphatic heterocycles. The topological polar surface area (TPSA) is 91.0 Å². The van der Waals surface area contributed by atoms with Crippen molar-refractivity contribution in [3.05, 3.63) is 128 Å². The molecule has 217 valence electrons. The third-order valence-corrected chi connectivity index (χ3v) is 8.21. The molecule has 11 heteroatoms. The van der Waals surface area contributed by atoms with Crippen molar-refractivity contribution < 1.29 is 27.0 Å². The van der Waals surface area contributed by atoms with Crippen molar-refractivity contribution in [2.45, 2.75) is 0 Å². The van der Waals surface area contributed by atoms with Crippen molar-refractivity contribution in [2.75, 3.05) is 0 Å². The van der Waals surface area contributed by atoms with E-state index < -0.39 is 0 Å². The molecule has 6 nitrogen and oxygen atoms in total. The summed E-state index contributed by atoms with van der Waals surface area (Å²) in [4.78, 5) is 17.6. The molecule has 2 aromatic heterocycles. The Morgan fingerprint density at radius 3 is 1.37 bits per heavy atom. The number of aromatic nitrogens is 2. The molecule has 0 unspecified atom stereocenters.